The molecule has 0 aliphatic carbocycles. The molecule has 2 heterocycles. The zero-order chi connectivity index (χ0) is 18.4. The Bertz CT molecular complexity index is 849. The van der Waals surface area contributed by atoms with E-state index in [1.807, 2.05) is 55.2 Å². The normalized spacial score (nSPS) is 10.8. The first-order valence-electron chi connectivity index (χ1n) is 8.87. The summed E-state index contributed by atoms with van der Waals surface area (Å²) in [6, 6.07) is 8.09. The molecule has 0 saturated carbocycles. The number of oxazole rings is 1. The second kappa shape index (κ2) is 8.47. The number of aromatic nitrogens is 3. The smallest absolute Gasteiger partial charge is 0.220 e. The molecule has 3 aromatic rings. The van der Waals surface area contributed by atoms with Crippen molar-refractivity contribution >= 4 is 5.91 Å². The zero-order valence-corrected chi connectivity index (χ0v) is 15.2. The van der Waals surface area contributed by atoms with Crippen LogP contribution in [0.3, 0.4) is 0 Å². The van der Waals surface area contributed by atoms with E-state index in [-0.39, 0.29) is 5.91 Å². The van der Waals surface area contributed by atoms with Crippen LogP contribution in [-0.4, -0.2) is 27.2 Å². The molecule has 1 aromatic carbocycles. The summed E-state index contributed by atoms with van der Waals surface area (Å²) in [5, 5.41) is 7.15. The number of benzene rings is 1. The minimum atomic E-state index is 0.0109. The average molecular weight is 352 g/mol. The highest BCUT2D eigenvalue weighted by Crippen LogP contribution is 2.21. The number of amides is 1. The number of hydrogen-bond donors (Lipinski definition) is 1. The maximum absolute atomic E-state index is 11.9. The summed E-state index contributed by atoms with van der Waals surface area (Å²) in [4.78, 5) is 16.2. The van der Waals surface area contributed by atoms with Crippen LogP contribution in [0.1, 0.15) is 29.9 Å². The Morgan fingerprint density at radius 3 is 2.69 bits per heavy atom. The highest BCUT2D eigenvalue weighted by atomic mass is 16.4. The number of rotatable bonds is 8. The maximum Gasteiger partial charge on any atom is 0.220 e. The summed E-state index contributed by atoms with van der Waals surface area (Å²) < 4.78 is 7.63. The SMILES string of the molecule is Cc1ccc(-c2cnc(CCC(=O)NCCCn3cc(C)cn3)o2)cc1. The molecule has 26 heavy (non-hydrogen) atoms. The molecule has 0 fully saturated rings. The van der Waals surface area contributed by atoms with Gasteiger partial charge in [-0.3, -0.25) is 9.48 Å². The van der Waals surface area contributed by atoms with Gasteiger partial charge in [0.1, 0.15) is 0 Å². The zero-order valence-electron chi connectivity index (χ0n) is 15.2. The quantitative estimate of drug-likeness (QED) is 0.631. The Kier molecular flexibility index (Phi) is 5.84. The molecule has 0 aliphatic rings. The summed E-state index contributed by atoms with van der Waals surface area (Å²) in [6.07, 6.45) is 7.26. The fourth-order valence-electron chi connectivity index (χ4n) is 2.64. The van der Waals surface area contributed by atoms with Crippen LogP contribution in [0.2, 0.25) is 0 Å². The Balaban J connectivity index is 1.38. The van der Waals surface area contributed by atoms with Gasteiger partial charge in [-0.15, -0.1) is 0 Å². The van der Waals surface area contributed by atoms with E-state index in [0.717, 1.165) is 29.9 Å². The fraction of sp³-hybridized carbons (Fsp3) is 0.350. The van der Waals surface area contributed by atoms with Gasteiger partial charge in [0.25, 0.3) is 0 Å². The van der Waals surface area contributed by atoms with Crippen molar-refractivity contribution in [1.29, 1.82) is 0 Å². The summed E-state index contributed by atoms with van der Waals surface area (Å²) in [6.45, 7) is 5.49. The highest BCUT2D eigenvalue weighted by Gasteiger charge is 2.09. The molecule has 136 valence electrons. The van der Waals surface area contributed by atoms with E-state index in [2.05, 4.69) is 15.4 Å². The Hall–Kier alpha value is -2.89. The van der Waals surface area contributed by atoms with Gasteiger partial charge < -0.3 is 9.73 Å². The monoisotopic (exact) mass is 352 g/mol. The molecule has 1 amide bonds. The highest BCUT2D eigenvalue weighted by molar-refractivity contribution is 5.76. The standard InChI is InChI=1S/C20H24N4O2/c1-15-4-6-17(7-5-15)18-13-22-20(26-18)9-8-19(25)21-10-3-11-24-14-16(2)12-23-24/h4-7,12-14H,3,8-11H2,1-2H3,(H,21,25). The lowest BCUT2D eigenvalue weighted by Gasteiger charge is -2.04. The van der Waals surface area contributed by atoms with Crippen LogP contribution in [-0.2, 0) is 17.8 Å². The molecule has 2 aromatic heterocycles. The largest absolute Gasteiger partial charge is 0.441 e. The van der Waals surface area contributed by atoms with Gasteiger partial charge in [-0.05, 0) is 25.8 Å². The van der Waals surface area contributed by atoms with E-state index >= 15 is 0 Å². The van der Waals surface area contributed by atoms with Gasteiger partial charge in [-0.1, -0.05) is 29.8 Å². The first kappa shape index (κ1) is 17.9. The molecule has 0 radical (unpaired) electrons. The number of nitrogens with zero attached hydrogens (tertiary/aromatic N) is 3. The number of hydrogen-bond acceptors (Lipinski definition) is 4. The lowest BCUT2D eigenvalue weighted by Crippen LogP contribution is -2.25. The van der Waals surface area contributed by atoms with Crippen molar-refractivity contribution in [3.63, 3.8) is 0 Å². The average Bonchev–Trinajstić information content (AvgIpc) is 3.27. The van der Waals surface area contributed by atoms with E-state index < -0.39 is 0 Å². The maximum atomic E-state index is 11.9. The molecule has 0 aliphatic heterocycles. The second-order valence-electron chi connectivity index (χ2n) is 6.47. The molecular formula is C20H24N4O2. The molecule has 0 bridgehead atoms. The van der Waals surface area contributed by atoms with Gasteiger partial charge in [0.05, 0.1) is 12.4 Å². The molecule has 6 nitrogen and oxygen atoms in total. The molecule has 0 spiro atoms. The minimum Gasteiger partial charge on any atom is -0.441 e. The predicted octanol–water partition coefficient (Wildman–Crippen LogP) is 3.29. The van der Waals surface area contributed by atoms with E-state index in [1.165, 1.54) is 5.56 Å². The molecule has 0 atom stereocenters. The summed E-state index contributed by atoms with van der Waals surface area (Å²) in [5.41, 5.74) is 3.34. The number of aryl methyl sites for hydroxylation is 4. The van der Waals surface area contributed by atoms with Crippen LogP contribution in [0.5, 0.6) is 0 Å². The topological polar surface area (TPSA) is 73.0 Å². The van der Waals surface area contributed by atoms with E-state index in [0.29, 0.717) is 25.3 Å². The molecule has 6 heteroatoms. The van der Waals surface area contributed by atoms with Gasteiger partial charge in [0.15, 0.2) is 11.7 Å². The van der Waals surface area contributed by atoms with E-state index in [9.17, 15) is 4.79 Å². The lowest BCUT2D eigenvalue weighted by molar-refractivity contribution is -0.121. The number of carbonyl (C=O) groups excluding carboxylic acids is 1. The third-order valence-corrected chi connectivity index (χ3v) is 4.10. The summed E-state index contributed by atoms with van der Waals surface area (Å²) in [7, 11) is 0. The van der Waals surface area contributed by atoms with Crippen molar-refractivity contribution in [3.05, 3.63) is 59.9 Å². The first-order chi connectivity index (χ1) is 12.6. The number of nitrogens with one attached hydrogen (secondary N) is 1. The van der Waals surface area contributed by atoms with Crippen molar-refractivity contribution in [2.75, 3.05) is 6.54 Å². The predicted molar refractivity (Wildman–Crippen MR) is 99.6 cm³/mol. The first-order valence-corrected chi connectivity index (χ1v) is 8.87. The Labute approximate surface area is 153 Å². The van der Waals surface area contributed by atoms with Crippen molar-refractivity contribution in [1.82, 2.24) is 20.1 Å². The number of carbonyl (C=O) groups is 1. The van der Waals surface area contributed by atoms with Crippen LogP contribution in [0.15, 0.2) is 47.3 Å². The van der Waals surface area contributed by atoms with Gasteiger partial charge in [0, 0.05) is 37.7 Å². The molecule has 1 N–H and O–H groups in total. The molecule has 0 saturated heterocycles. The van der Waals surface area contributed by atoms with Crippen molar-refractivity contribution in [2.24, 2.45) is 0 Å². The van der Waals surface area contributed by atoms with Gasteiger partial charge in [-0.2, -0.15) is 5.10 Å². The van der Waals surface area contributed by atoms with Crippen LogP contribution < -0.4 is 5.32 Å². The van der Waals surface area contributed by atoms with Crippen LogP contribution in [0.4, 0.5) is 0 Å². The summed E-state index contributed by atoms with van der Waals surface area (Å²) in [5.74, 6) is 1.33. The Morgan fingerprint density at radius 1 is 1.15 bits per heavy atom. The minimum absolute atomic E-state index is 0.0109. The van der Waals surface area contributed by atoms with Gasteiger partial charge in [0.2, 0.25) is 5.91 Å². The van der Waals surface area contributed by atoms with Gasteiger partial charge in [-0.25, -0.2) is 4.98 Å². The second-order valence-corrected chi connectivity index (χ2v) is 6.47. The van der Waals surface area contributed by atoms with Crippen LogP contribution >= 0.6 is 0 Å². The van der Waals surface area contributed by atoms with Crippen LogP contribution in [0.25, 0.3) is 11.3 Å². The Morgan fingerprint density at radius 2 is 1.96 bits per heavy atom. The summed E-state index contributed by atoms with van der Waals surface area (Å²) >= 11 is 0. The molecule has 0 unspecified atom stereocenters. The fourth-order valence-corrected chi connectivity index (χ4v) is 2.64. The van der Waals surface area contributed by atoms with Crippen LogP contribution in [0, 0.1) is 13.8 Å². The van der Waals surface area contributed by atoms with Crippen molar-refractivity contribution in [3.8, 4) is 11.3 Å². The molecular weight excluding hydrogens is 328 g/mol. The third-order valence-electron chi connectivity index (χ3n) is 4.10. The van der Waals surface area contributed by atoms with E-state index in [4.69, 9.17) is 4.42 Å². The van der Waals surface area contributed by atoms with Gasteiger partial charge >= 0.3 is 0 Å². The third kappa shape index (κ3) is 5.05. The lowest BCUT2D eigenvalue weighted by atomic mass is 10.1. The van der Waals surface area contributed by atoms with E-state index in [1.54, 1.807) is 6.20 Å². The van der Waals surface area contributed by atoms with Crippen molar-refractivity contribution < 1.29 is 9.21 Å². The molecule has 3 rings (SSSR count). The van der Waals surface area contributed by atoms with Crippen molar-refractivity contribution in [2.45, 2.75) is 39.7 Å².